The van der Waals surface area contributed by atoms with Crippen molar-refractivity contribution in [2.24, 2.45) is 5.92 Å². The molecule has 2 atom stereocenters. The Morgan fingerprint density at radius 1 is 1.39 bits per heavy atom. The summed E-state index contributed by atoms with van der Waals surface area (Å²) in [5.74, 6) is -0.632. The van der Waals surface area contributed by atoms with Crippen LogP contribution in [-0.4, -0.2) is 26.2 Å². The van der Waals surface area contributed by atoms with Crippen molar-refractivity contribution in [1.29, 1.82) is 0 Å². The zero-order valence-electron chi connectivity index (χ0n) is 10.6. The predicted octanol–water partition coefficient (Wildman–Crippen LogP) is 1.43. The number of aliphatic hydroxyl groups excluding tert-OH is 1. The molecule has 0 amide bonds. The standard InChI is InChI=1S/C12H18FNO3S/c1-8-6-11(4-5-12(8)13)18(16,17)14-10(3)9(2)7-15/h4-6,9-10,14-15H,7H2,1-3H3. The molecule has 0 heterocycles. The van der Waals surface area contributed by atoms with Gasteiger partial charge in [-0.15, -0.1) is 0 Å². The van der Waals surface area contributed by atoms with Crippen molar-refractivity contribution in [3.8, 4) is 0 Å². The minimum Gasteiger partial charge on any atom is -0.396 e. The molecule has 0 aromatic heterocycles. The molecule has 0 radical (unpaired) electrons. The quantitative estimate of drug-likeness (QED) is 0.854. The highest BCUT2D eigenvalue weighted by atomic mass is 32.2. The summed E-state index contributed by atoms with van der Waals surface area (Å²) < 4.78 is 39.6. The Kier molecular flexibility index (Phi) is 4.84. The van der Waals surface area contributed by atoms with Crippen molar-refractivity contribution in [1.82, 2.24) is 4.72 Å². The van der Waals surface area contributed by atoms with E-state index in [1.807, 2.05) is 0 Å². The van der Waals surface area contributed by atoms with Gasteiger partial charge >= 0.3 is 0 Å². The monoisotopic (exact) mass is 275 g/mol. The maximum atomic E-state index is 13.1. The van der Waals surface area contributed by atoms with E-state index in [4.69, 9.17) is 5.11 Å². The van der Waals surface area contributed by atoms with Crippen molar-refractivity contribution in [3.05, 3.63) is 29.6 Å². The fraction of sp³-hybridized carbons (Fsp3) is 0.500. The molecule has 0 bridgehead atoms. The van der Waals surface area contributed by atoms with Crippen molar-refractivity contribution in [2.45, 2.75) is 31.7 Å². The van der Waals surface area contributed by atoms with E-state index in [2.05, 4.69) is 4.72 Å². The molecule has 0 saturated heterocycles. The van der Waals surface area contributed by atoms with Gasteiger partial charge in [0.2, 0.25) is 10.0 Å². The number of nitrogens with one attached hydrogen (secondary N) is 1. The molecule has 4 nitrogen and oxygen atoms in total. The SMILES string of the molecule is Cc1cc(S(=O)(=O)NC(C)C(C)CO)ccc1F. The largest absolute Gasteiger partial charge is 0.396 e. The van der Waals surface area contributed by atoms with Crippen LogP contribution >= 0.6 is 0 Å². The van der Waals surface area contributed by atoms with Gasteiger partial charge in [-0.1, -0.05) is 6.92 Å². The lowest BCUT2D eigenvalue weighted by molar-refractivity contribution is 0.216. The van der Waals surface area contributed by atoms with Gasteiger partial charge in [-0.3, -0.25) is 0 Å². The van der Waals surface area contributed by atoms with E-state index >= 15 is 0 Å². The molecule has 1 aromatic carbocycles. The van der Waals surface area contributed by atoms with Crippen LogP contribution in [0.1, 0.15) is 19.4 Å². The number of aryl methyl sites for hydroxylation is 1. The fourth-order valence-electron chi connectivity index (χ4n) is 1.37. The van der Waals surface area contributed by atoms with E-state index in [-0.39, 0.29) is 23.0 Å². The first-order valence-electron chi connectivity index (χ1n) is 5.67. The molecular weight excluding hydrogens is 257 g/mol. The van der Waals surface area contributed by atoms with Crippen LogP contribution in [0.4, 0.5) is 4.39 Å². The average molecular weight is 275 g/mol. The van der Waals surface area contributed by atoms with Crippen molar-refractivity contribution >= 4 is 10.0 Å². The Labute approximate surface area is 107 Å². The molecule has 0 aliphatic heterocycles. The van der Waals surface area contributed by atoms with Crippen LogP contribution in [-0.2, 0) is 10.0 Å². The number of halogens is 1. The number of aliphatic hydroxyl groups is 1. The highest BCUT2D eigenvalue weighted by Gasteiger charge is 2.21. The van der Waals surface area contributed by atoms with Gasteiger partial charge in [0, 0.05) is 12.6 Å². The lowest BCUT2D eigenvalue weighted by Crippen LogP contribution is -2.38. The smallest absolute Gasteiger partial charge is 0.240 e. The van der Waals surface area contributed by atoms with Crippen LogP contribution < -0.4 is 4.72 Å². The van der Waals surface area contributed by atoms with E-state index in [1.165, 1.54) is 19.1 Å². The first-order valence-corrected chi connectivity index (χ1v) is 7.15. The average Bonchev–Trinajstić information content (AvgIpc) is 2.30. The van der Waals surface area contributed by atoms with Crippen LogP contribution in [0.15, 0.2) is 23.1 Å². The van der Waals surface area contributed by atoms with E-state index in [0.29, 0.717) is 0 Å². The van der Waals surface area contributed by atoms with E-state index in [9.17, 15) is 12.8 Å². The number of rotatable bonds is 5. The second kappa shape index (κ2) is 5.77. The number of benzene rings is 1. The first-order chi connectivity index (χ1) is 8.27. The van der Waals surface area contributed by atoms with Gasteiger partial charge in [-0.25, -0.2) is 17.5 Å². The Morgan fingerprint density at radius 2 is 2.00 bits per heavy atom. The van der Waals surface area contributed by atoms with Crippen LogP contribution in [0.25, 0.3) is 0 Å². The van der Waals surface area contributed by atoms with Crippen LogP contribution in [0.3, 0.4) is 0 Å². The van der Waals surface area contributed by atoms with Crippen LogP contribution in [0.2, 0.25) is 0 Å². The Balaban J connectivity index is 2.96. The summed E-state index contributed by atoms with van der Waals surface area (Å²) in [5, 5.41) is 8.97. The lowest BCUT2D eigenvalue weighted by Gasteiger charge is -2.19. The van der Waals surface area contributed by atoms with E-state index < -0.39 is 21.9 Å². The van der Waals surface area contributed by atoms with Crippen molar-refractivity contribution in [3.63, 3.8) is 0 Å². The third-order valence-electron chi connectivity index (χ3n) is 2.92. The minimum atomic E-state index is -3.68. The first kappa shape index (κ1) is 15.1. The summed E-state index contributed by atoms with van der Waals surface area (Å²) in [7, 11) is -3.68. The fourth-order valence-corrected chi connectivity index (χ4v) is 2.81. The van der Waals surface area contributed by atoms with Gasteiger partial charge in [0.1, 0.15) is 5.82 Å². The second-order valence-electron chi connectivity index (χ2n) is 4.48. The van der Waals surface area contributed by atoms with Gasteiger partial charge < -0.3 is 5.11 Å². The van der Waals surface area contributed by atoms with Gasteiger partial charge in [-0.2, -0.15) is 0 Å². The minimum absolute atomic E-state index is 0.0263. The topological polar surface area (TPSA) is 66.4 Å². The summed E-state index contributed by atoms with van der Waals surface area (Å²) >= 11 is 0. The Bertz CT molecular complexity index is 516. The van der Waals surface area contributed by atoms with Crippen LogP contribution in [0, 0.1) is 18.7 Å². The predicted molar refractivity (Wildman–Crippen MR) is 67.2 cm³/mol. The maximum absolute atomic E-state index is 13.1. The molecule has 0 saturated carbocycles. The van der Waals surface area contributed by atoms with E-state index in [1.54, 1.807) is 13.8 Å². The molecule has 6 heteroatoms. The highest BCUT2D eigenvalue weighted by molar-refractivity contribution is 7.89. The summed E-state index contributed by atoms with van der Waals surface area (Å²) in [4.78, 5) is 0.0263. The molecule has 18 heavy (non-hydrogen) atoms. The molecule has 2 unspecified atom stereocenters. The lowest BCUT2D eigenvalue weighted by atomic mass is 10.1. The third kappa shape index (κ3) is 3.51. The molecule has 0 aliphatic carbocycles. The molecule has 102 valence electrons. The molecule has 1 rings (SSSR count). The summed E-state index contributed by atoms with van der Waals surface area (Å²) in [6.07, 6.45) is 0. The molecule has 0 aliphatic rings. The molecule has 2 N–H and O–H groups in total. The normalized spacial score (nSPS) is 15.4. The highest BCUT2D eigenvalue weighted by Crippen LogP contribution is 2.15. The van der Waals surface area contributed by atoms with Gasteiger partial charge in [0.15, 0.2) is 0 Å². The maximum Gasteiger partial charge on any atom is 0.240 e. The zero-order chi connectivity index (χ0) is 13.9. The Hall–Kier alpha value is -0.980. The van der Waals surface area contributed by atoms with Gasteiger partial charge in [0.25, 0.3) is 0 Å². The number of hydrogen-bond acceptors (Lipinski definition) is 3. The molecule has 0 spiro atoms. The van der Waals surface area contributed by atoms with Gasteiger partial charge in [-0.05, 0) is 43.5 Å². The summed E-state index contributed by atoms with van der Waals surface area (Å²) in [6.45, 7) is 4.82. The third-order valence-corrected chi connectivity index (χ3v) is 4.48. The second-order valence-corrected chi connectivity index (χ2v) is 6.19. The number of hydrogen-bond donors (Lipinski definition) is 2. The summed E-state index contributed by atoms with van der Waals surface area (Å²) in [5.41, 5.74) is 0.278. The van der Waals surface area contributed by atoms with Gasteiger partial charge in [0.05, 0.1) is 4.90 Å². The van der Waals surface area contributed by atoms with Crippen molar-refractivity contribution < 1.29 is 17.9 Å². The van der Waals surface area contributed by atoms with Crippen molar-refractivity contribution in [2.75, 3.05) is 6.61 Å². The molecule has 0 fully saturated rings. The molecular formula is C12H18FNO3S. The zero-order valence-corrected chi connectivity index (χ0v) is 11.5. The Morgan fingerprint density at radius 3 is 2.50 bits per heavy atom. The van der Waals surface area contributed by atoms with E-state index in [0.717, 1.165) is 6.07 Å². The van der Waals surface area contributed by atoms with Crippen LogP contribution in [0.5, 0.6) is 0 Å². The molecule has 1 aromatic rings. The summed E-state index contributed by atoms with van der Waals surface area (Å²) in [6, 6.07) is 3.24. The number of sulfonamides is 1.